The van der Waals surface area contributed by atoms with E-state index in [1.54, 1.807) is 7.11 Å². The number of amides is 1. The van der Waals surface area contributed by atoms with Gasteiger partial charge in [0.1, 0.15) is 6.04 Å². The van der Waals surface area contributed by atoms with Crippen LogP contribution < -0.4 is 10.6 Å². The minimum Gasteiger partial charge on any atom is -0.385 e. The number of fused-ring (bicyclic) bond motifs is 1. The van der Waals surface area contributed by atoms with Crippen LogP contribution >= 0.6 is 0 Å². The predicted molar refractivity (Wildman–Crippen MR) is 67.0 cm³/mol. The SMILES string of the molecule is COCCCNC1C(=O)Nc2c(C)cccc21. The number of hydrogen-bond acceptors (Lipinski definition) is 3. The number of carbonyl (C=O) groups is 1. The molecule has 2 N–H and O–H groups in total. The molecule has 0 radical (unpaired) electrons. The van der Waals surface area contributed by atoms with Gasteiger partial charge in [0.2, 0.25) is 5.91 Å². The maximum Gasteiger partial charge on any atom is 0.246 e. The molecule has 17 heavy (non-hydrogen) atoms. The minimum absolute atomic E-state index is 0.0340. The molecule has 0 spiro atoms. The Morgan fingerprint density at radius 1 is 1.47 bits per heavy atom. The molecule has 1 atom stereocenters. The third-order valence-electron chi connectivity index (χ3n) is 3.00. The van der Waals surface area contributed by atoms with E-state index in [9.17, 15) is 4.79 Å². The van der Waals surface area contributed by atoms with Crippen molar-refractivity contribution in [3.8, 4) is 0 Å². The first-order valence-electron chi connectivity index (χ1n) is 5.86. The molecule has 1 unspecified atom stereocenters. The average molecular weight is 234 g/mol. The minimum atomic E-state index is -0.221. The summed E-state index contributed by atoms with van der Waals surface area (Å²) >= 11 is 0. The second-order valence-electron chi connectivity index (χ2n) is 4.26. The summed E-state index contributed by atoms with van der Waals surface area (Å²) in [7, 11) is 1.68. The summed E-state index contributed by atoms with van der Waals surface area (Å²) in [5, 5.41) is 6.18. The molecule has 4 heteroatoms. The normalized spacial score (nSPS) is 18.0. The van der Waals surface area contributed by atoms with Crippen molar-refractivity contribution in [1.82, 2.24) is 5.32 Å². The Morgan fingerprint density at radius 3 is 3.06 bits per heavy atom. The Bertz CT molecular complexity index is 418. The molecule has 1 amide bonds. The maximum atomic E-state index is 11.8. The molecular weight excluding hydrogens is 216 g/mol. The fourth-order valence-electron chi connectivity index (χ4n) is 2.10. The fraction of sp³-hybridized carbons (Fsp3) is 0.462. The van der Waals surface area contributed by atoms with E-state index in [0.717, 1.165) is 29.8 Å². The van der Waals surface area contributed by atoms with Crippen LogP contribution in [0.2, 0.25) is 0 Å². The van der Waals surface area contributed by atoms with Gasteiger partial charge in [-0.05, 0) is 25.5 Å². The molecule has 2 rings (SSSR count). The molecule has 1 aliphatic heterocycles. The van der Waals surface area contributed by atoms with Crippen molar-refractivity contribution in [3.05, 3.63) is 29.3 Å². The summed E-state index contributed by atoms with van der Waals surface area (Å²) in [4.78, 5) is 11.8. The van der Waals surface area contributed by atoms with Crippen LogP contribution in [-0.2, 0) is 9.53 Å². The number of para-hydroxylation sites is 1. The van der Waals surface area contributed by atoms with Crippen LogP contribution in [0.5, 0.6) is 0 Å². The van der Waals surface area contributed by atoms with Gasteiger partial charge in [-0.2, -0.15) is 0 Å². The first-order valence-corrected chi connectivity index (χ1v) is 5.86. The van der Waals surface area contributed by atoms with E-state index < -0.39 is 0 Å². The topological polar surface area (TPSA) is 50.4 Å². The van der Waals surface area contributed by atoms with Crippen molar-refractivity contribution in [2.45, 2.75) is 19.4 Å². The Morgan fingerprint density at radius 2 is 2.29 bits per heavy atom. The maximum absolute atomic E-state index is 11.8. The van der Waals surface area contributed by atoms with Gasteiger partial charge >= 0.3 is 0 Å². The number of nitrogens with one attached hydrogen (secondary N) is 2. The van der Waals surface area contributed by atoms with Gasteiger partial charge in [0.15, 0.2) is 0 Å². The molecule has 4 nitrogen and oxygen atoms in total. The number of methoxy groups -OCH3 is 1. The van der Waals surface area contributed by atoms with E-state index in [-0.39, 0.29) is 11.9 Å². The number of anilines is 1. The van der Waals surface area contributed by atoms with Crippen molar-refractivity contribution in [2.75, 3.05) is 25.6 Å². The molecule has 0 bridgehead atoms. The number of carbonyl (C=O) groups excluding carboxylic acids is 1. The molecule has 1 aliphatic rings. The summed E-state index contributed by atoms with van der Waals surface area (Å²) in [6.45, 7) is 3.49. The predicted octanol–water partition coefficient (Wildman–Crippen LogP) is 1.61. The van der Waals surface area contributed by atoms with Gasteiger partial charge in [-0.15, -0.1) is 0 Å². The van der Waals surface area contributed by atoms with Crippen molar-refractivity contribution in [3.63, 3.8) is 0 Å². The first-order chi connectivity index (χ1) is 8.24. The standard InChI is InChI=1S/C13H18N2O2/c1-9-5-3-6-10-11(9)15-13(16)12(10)14-7-4-8-17-2/h3,5-6,12,14H,4,7-8H2,1-2H3,(H,15,16). The molecule has 0 saturated carbocycles. The molecule has 92 valence electrons. The lowest BCUT2D eigenvalue weighted by Gasteiger charge is -2.11. The number of benzene rings is 1. The first kappa shape index (κ1) is 12.1. The van der Waals surface area contributed by atoms with E-state index in [2.05, 4.69) is 10.6 Å². The van der Waals surface area contributed by atoms with Crippen LogP contribution in [0.3, 0.4) is 0 Å². The third kappa shape index (κ3) is 2.48. The van der Waals surface area contributed by atoms with Gasteiger partial charge in [-0.1, -0.05) is 18.2 Å². The quantitative estimate of drug-likeness (QED) is 0.761. The van der Waals surface area contributed by atoms with Crippen LogP contribution in [0.1, 0.15) is 23.6 Å². The summed E-state index contributed by atoms with van der Waals surface area (Å²) in [5.74, 6) is 0.0340. The van der Waals surface area contributed by atoms with Crippen LogP contribution in [-0.4, -0.2) is 26.2 Å². The number of aryl methyl sites for hydroxylation is 1. The molecule has 1 heterocycles. The van der Waals surface area contributed by atoms with Crippen molar-refractivity contribution in [2.24, 2.45) is 0 Å². The van der Waals surface area contributed by atoms with Gasteiger partial charge in [0, 0.05) is 25.0 Å². The number of hydrogen-bond donors (Lipinski definition) is 2. The fourth-order valence-corrected chi connectivity index (χ4v) is 2.10. The highest BCUT2D eigenvalue weighted by molar-refractivity contribution is 6.03. The highest BCUT2D eigenvalue weighted by Crippen LogP contribution is 2.32. The van der Waals surface area contributed by atoms with Crippen LogP contribution in [0.4, 0.5) is 5.69 Å². The van der Waals surface area contributed by atoms with Gasteiger partial charge in [0.25, 0.3) is 0 Å². The smallest absolute Gasteiger partial charge is 0.246 e. The summed E-state index contributed by atoms with van der Waals surface area (Å²) < 4.78 is 4.98. The van der Waals surface area contributed by atoms with Crippen molar-refractivity contribution < 1.29 is 9.53 Å². The van der Waals surface area contributed by atoms with E-state index in [1.165, 1.54) is 0 Å². The molecule has 0 fully saturated rings. The van der Waals surface area contributed by atoms with Gasteiger partial charge in [-0.3, -0.25) is 4.79 Å². The summed E-state index contributed by atoms with van der Waals surface area (Å²) in [5.41, 5.74) is 3.12. The highest BCUT2D eigenvalue weighted by Gasteiger charge is 2.30. The van der Waals surface area contributed by atoms with Gasteiger partial charge in [0.05, 0.1) is 0 Å². The molecule has 1 aromatic rings. The molecule has 0 saturated heterocycles. The second-order valence-corrected chi connectivity index (χ2v) is 4.26. The van der Waals surface area contributed by atoms with E-state index in [1.807, 2.05) is 25.1 Å². The Kier molecular flexibility index (Phi) is 3.76. The zero-order valence-corrected chi connectivity index (χ0v) is 10.2. The Labute approximate surface area is 101 Å². The Hall–Kier alpha value is -1.39. The van der Waals surface area contributed by atoms with Crippen LogP contribution in [0, 0.1) is 6.92 Å². The van der Waals surface area contributed by atoms with E-state index in [4.69, 9.17) is 4.74 Å². The molecular formula is C13H18N2O2. The monoisotopic (exact) mass is 234 g/mol. The number of ether oxygens (including phenoxy) is 1. The molecule has 0 aliphatic carbocycles. The summed E-state index contributed by atoms with van der Waals surface area (Å²) in [6.07, 6.45) is 0.904. The van der Waals surface area contributed by atoms with Crippen molar-refractivity contribution >= 4 is 11.6 Å². The van der Waals surface area contributed by atoms with Crippen molar-refractivity contribution in [1.29, 1.82) is 0 Å². The number of rotatable bonds is 5. The average Bonchev–Trinajstić information content (AvgIpc) is 2.63. The van der Waals surface area contributed by atoms with Gasteiger partial charge in [-0.25, -0.2) is 0 Å². The zero-order chi connectivity index (χ0) is 12.3. The summed E-state index contributed by atoms with van der Waals surface area (Å²) in [6, 6.07) is 5.76. The molecule has 0 aromatic heterocycles. The lowest BCUT2D eigenvalue weighted by molar-refractivity contribution is -0.117. The molecule has 1 aromatic carbocycles. The lowest BCUT2D eigenvalue weighted by Crippen LogP contribution is -2.28. The highest BCUT2D eigenvalue weighted by atomic mass is 16.5. The van der Waals surface area contributed by atoms with Crippen LogP contribution in [0.25, 0.3) is 0 Å². The largest absolute Gasteiger partial charge is 0.385 e. The van der Waals surface area contributed by atoms with E-state index >= 15 is 0 Å². The van der Waals surface area contributed by atoms with Crippen LogP contribution in [0.15, 0.2) is 18.2 Å². The van der Waals surface area contributed by atoms with Gasteiger partial charge < -0.3 is 15.4 Å². The zero-order valence-electron chi connectivity index (χ0n) is 10.2. The second kappa shape index (κ2) is 5.29. The lowest BCUT2D eigenvalue weighted by atomic mass is 10.1. The third-order valence-corrected chi connectivity index (χ3v) is 3.00. The Balaban J connectivity index is 2.05. The van der Waals surface area contributed by atoms with E-state index in [0.29, 0.717) is 6.61 Å².